The summed E-state index contributed by atoms with van der Waals surface area (Å²) in [6, 6.07) is 5.16. The van der Waals surface area contributed by atoms with Gasteiger partial charge in [-0.05, 0) is 43.7 Å². The molecule has 1 aliphatic rings. The molecule has 1 unspecified atom stereocenters. The van der Waals surface area contributed by atoms with Crippen LogP contribution in [0.5, 0.6) is 5.75 Å². The molecule has 12 heteroatoms. The fourth-order valence-corrected chi connectivity index (χ4v) is 5.36. The maximum atomic E-state index is 13.6. The fraction of sp³-hybridized carbons (Fsp3) is 0.381. The van der Waals surface area contributed by atoms with Crippen LogP contribution < -0.4 is 9.64 Å². The minimum atomic E-state index is -4.96. The number of carbonyl (C=O) groups is 1. The van der Waals surface area contributed by atoms with Crippen LogP contribution in [0.2, 0.25) is 0 Å². The number of hydrogen-bond donors (Lipinski definition) is 0. The summed E-state index contributed by atoms with van der Waals surface area (Å²) in [6.07, 6.45) is -6.31. The SMILES string of the molecule is COc1cc2c(cc1C(F)(F)F)N(c1ccc(F)cc1)C(=O)C(CCC(C)(F)F)CS2(=O)=O. The largest absolute Gasteiger partial charge is 0.496 e. The predicted molar refractivity (Wildman–Crippen MR) is 107 cm³/mol. The Labute approximate surface area is 185 Å². The Bertz CT molecular complexity index is 1160. The summed E-state index contributed by atoms with van der Waals surface area (Å²) >= 11 is 0. The topological polar surface area (TPSA) is 63.7 Å². The number of benzene rings is 2. The quantitative estimate of drug-likeness (QED) is 0.525. The smallest absolute Gasteiger partial charge is 0.420 e. The van der Waals surface area contributed by atoms with Gasteiger partial charge < -0.3 is 4.74 Å². The predicted octanol–water partition coefficient (Wildman–Crippen LogP) is 5.36. The normalized spacial score (nSPS) is 18.6. The molecule has 0 bridgehead atoms. The number of anilines is 2. The van der Waals surface area contributed by atoms with Crippen molar-refractivity contribution in [3.05, 3.63) is 47.8 Å². The van der Waals surface area contributed by atoms with Gasteiger partial charge in [0.05, 0.1) is 34.9 Å². The van der Waals surface area contributed by atoms with E-state index in [1.807, 2.05) is 0 Å². The average Bonchev–Trinajstić information content (AvgIpc) is 2.78. The van der Waals surface area contributed by atoms with E-state index in [0.29, 0.717) is 24.0 Å². The first-order valence-electron chi connectivity index (χ1n) is 9.63. The number of rotatable bonds is 5. The number of sulfone groups is 1. The van der Waals surface area contributed by atoms with Crippen LogP contribution in [-0.4, -0.2) is 33.1 Å². The van der Waals surface area contributed by atoms with Gasteiger partial charge in [-0.25, -0.2) is 21.6 Å². The Balaban J connectivity index is 2.29. The number of halogens is 6. The molecule has 0 saturated heterocycles. The third kappa shape index (κ3) is 5.26. The summed E-state index contributed by atoms with van der Waals surface area (Å²) in [5.74, 6) is -8.04. The Kier molecular flexibility index (Phi) is 6.44. The van der Waals surface area contributed by atoms with Crippen molar-refractivity contribution in [2.45, 2.75) is 36.8 Å². The number of ether oxygens (including phenoxy) is 1. The first-order chi connectivity index (χ1) is 15.1. The second-order valence-corrected chi connectivity index (χ2v) is 9.76. The van der Waals surface area contributed by atoms with Gasteiger partial charge in [-0.3, -0.25) is 9.69 Å². The molecule has 2 aromatic rings. The van der Waals surface area contributed by atoms with Crippen molar-refractivity contribution in [3.8, 4) is 5.75 Å². The summed E-state index contributed by atoms with van der Waals surface area (Å²) in [4.78, 5) is 13.4. The van der Waals surface area contributed by atoms with Crippen LogP contribution in [0, 0.1) is 11.7 Å². The van der Waals surface area contributed by atoms with Crippen LogP contribution in [0.1, 0.15) is 25.3 Å². The molecule has 2 aromatic carbocycles. The molecule has 0 fully saturated rings. The number of methoxy groups -OCH3 is 1. The number of fused-ring (bicyclic) bond motifs is 1. The highest BCUT2D eigenvalue weighted by Crippen LogP contribution is 2.46. The zero-order valence-corrected chi connectivity index (χ0v) is 18.2. The van der Waals surface area contributed by atoms with Crippen molar-refractivity contribution in [1.29, 1.82) is 0 Å². The summed E-state index contributed by atoms with van der Waals surface area (Å²) in [5, 5.41) is 0. The molecule has 3 rings (SSSR count). The van der Waals surface area contributed by atoms with Crippen LogP contribution >= 0.6 is 0 Å². The van der Waals surface area contributed by atoms with Gasteiger partial charge in [0.2, 0.25) is 11.8 Å². The van der Waals surface area contributed by atoms with Gasteiger partial charge in [0.25, 0.3) is 0 Å². The van der Waals surface area contributed by atoms with Crippen LogP contribution in [0.25, 0.3) is 0 Å². The van der Waals surface area contributed by atoms with E-state index >= 15 is 0 Å². The van der Waals surface area contributed by atoms with Gasteiger partial charge in [-0.15, -0.1) is 0 Å². The van der Waals surface area contributed by atoms with Crippen molar-refractivity contribution >= 4 is 27.1 Å². The Morgan fingerprint density at radius 1 is 1.09 bits per heavy atom. The molecule has 1 aliphatic heterocycles. The molecule has 0 saturated carbocycles. The van der Waals surface area contributed by atoms with Gasteiger partial charge in [0.15, 0.2) is 9.84 Å². The second-order valence-electron chi connectivity index (χ2n) is 7.76. The molecule has 1 atom stereocenters. The highest BCUT2D eigenvalue weighted by atomic mass is 32.2. The van der Waals surface area contributed by atoms with Gasteiger partial charge >= 0.3 is 6.18 Å². The number of amides is 1. The van der Waals surface area contributed by atoms with E-state index in [4.69, 9.17) is 4.74 Å². The van der Waals surface area contributed by atoms with Crippen LogP contribution in [0.15, 0.2) is 41.3 Å². The Morgan fingerprint density at radius 2 is 1.70 bits per heavy atom. The van der Waals surface area contributed by atoms with E-state index < -0.39 is 80.1 Å². The third-order valence-corrected chi connectivity index (χ3v) is 7.01. The van der Waals surface area contributed by atoms with Gasteiger partial charge in [-0.2, -0.15) is 13.2 Å². The highest BCUT2D eigenvalue weighted by Gasteiger charge is 2.43. The first-order valence-corrected chi connectivity index (χ1v) is 11.3. The van der Waals surface area contributed by atoms with E-state index in [0.717, 1.165) is 31.4 Å². The Hall–Kier alpha value is -2.76. The number of carbonyl (C=O) groups excluding carboxylic acids is 1. The van der Waals surface area contributed by atoms with Crippen LogP contribution in [0.3, 0.4) is 0 Å². The monoisotopic (exact) mass is 495 g/mol. The summed E-state index contributed by atoms with van der Waals surface area (Å²) in [6.45, 7) is 0.607. The van der Waals surface area contributed by atoms with Crippen molar-refractivity contribution in [1.82, 2.24) is 0 Å². The lowest BCUT2D eigenvalue weighted by atomic mass is 10.00. The van der Waals surface area contributed by atoms with E-state index in [1.54, 1.807) is 0 Å². The molecular formula is C21H19F6NO4S. The molecular weight excluding hydrogens is 476 g/mol. The van der Waals surface area contributed by atoms with Gasteiger partial charge in [-0.1, -0.05) is 0 Å². The first kappa shape index (κ1) is 24.9. The number of hydrogen-bond acceptors (Lipinski definition) is 4. The molecule has 0 spiro atoms. The number of nitrogens with zero attached hydrogens (tertiary/aromatic N) is 1. The molecule has 1 amide bonds. The van der Waals surface area contributed by atoms with Crippen molar-refractivity contribution in [3.63, 3.8) is 0 Å². The lowest BCUT2D eigenvalue weighted by Gasteiger charge is -2.27. The fourth-order valence-electron chi connectivity index (χ4n) is 3.58. The van der Waals surface area contributed by atoms with Crippen molar-refractivity contribution in [2.75, 3.05) is 17.8 Å². The molecule has 0 aliphatic carbocycles. The molecule has 0 aromatic heterocycles. The zero-order chi connectivity index (χ0) is 24.8. The molecule has 180 valence electrons. The van der Waals surface area contributed by atoms with Crippen molar-refractivity contribution < 1.29 is 44.3 Å². The highest BCUT2D eigenvalue weighted by molar-refractivity contribution is 7.91. The summed E-state index contributed by atoms with van der Waals surface area (Å²) in [7, 11) is -3.48. The van der Waals surface area contributed by atoms with Gasteiger partial charge in [0.1, 0.15) is 11.6 Å². The van der Waals surface area contributed by atoms with Crippen LogP contribution in [0.4, 0.5) is 37.7 Å². The van der Waals surface area contributed by atoms with Crippen molar-refractivity contribution in [2.24, 2.45) is 5.92 Å². The van der Waals surface area contributed by atoms with E-state index in [9.17, 15) is 39.6 Å². The van der Waals surface area contributed by atoms with Gasteiger partial charge in [0, 0.05) is 18.2 Å². The third-order valence-electron chi connectivity index (χ3n) is 5.17. The van der Waals surface area contributed by atoms with E-state index in [-0.39, 0.29) is 5.69 Å². The maximum absolute atomic E-state index is 13.6. The molecule has 0 N–H and O–H groups in total. The zero-order valence-electron chi connectivity index (χ0n) is 17.4. The minimum absolute atomic E-state index is 0.119. The average molecular weight is 495 g/mol. The lowest BCUT2D eigenvalue weighted by molar-refractivity contribution is -0.138. The molecule has 33 heavy (non-hydrogen) atoms. The second kappa shape index (κ2) is 8.54. The molecule has 5 nitrogen and oxygen atoms in total. The lowest BCUT2D eigenvalue weighted by Crippen LogP contribution is -2.34. The molecule has 1 heterocycles. The molecule has 0 radical (unpaired) electrons. The maximum Gasteiger partial charge on any atom is 0.420 e. The minimum Gasteiger partial charge on any atom is -0.496 e. The number of alkyl halides is 5. The standard InChI is InChI=1S/C21H19F6NO4S/c1-20(23,24)8-7-12-11-33(30,31)18-10-17(32-2)15(21(25,26)27)9-16(18)28(19(12)29)14-5-3-13(22)4-6-14/h3-6,9-10,12H,7-8,11H2,1-2H3. The summed E-state index contributed by atoms with van der Waals surface area (Å²) < 4.78 is 112. The Morgan fingerprint density at radius 3 is 2.21 bits per heavy atom. The van der Waals surface area contributed by atoms with E-state index in [2.05, 4.69) is 0 Å². The van der Waals surface area contributed by atoms with E-state index in [1.165, 1.54) is 0 Å². The van der Waals surface area contributed by atoms with Crippen LogP contribution in [-0.2, 0) is 20.8 Å². The summed E-state index contributed by atoms with van der Waals surface area (Å²) in [5.41, 5.74) is -2.07.